The van der Waals surface area contributed by atoms with Gasteiger partial charge in [0.25, 0.3) is 0 Å². The monoisotopic (exact) mass is 315 g/mol. The molecule has 0 bridgehead atoms. The number of rotatable bonds is 2. The van der Waals surface area contributed by atoms with Gasteiger partial charge in [-0.1, -0.05) is 27.7 Å². The van der Waals surface area contributed by atoms with Crippen LogP contribution >= 0.6 is 27.7 Å². The van der Waals surface area contributed by atoms with Gasteiger partial charge in [-0.05, 0) is 19.1 Å². The van der Waals surface area contributed by atoms with E-state index in [1.807, 2.05) is 19.1 Å². The molecular weight excluding hydrogens is 302 g/mol. The number of aliphatic imine (C=N–C) groups is 1. The third-order valence-electron chi connectivity index (χ3n) is 2.88. The largest absolute Gasteiger partial charge is 0.379 e. The number of hydrogen-bond donors (Lipinski definition) is 1. The van der Waals surface area contributed by atoms with Crippen LogP contribution in [0.1, 0.15) is 12.6 Å². The predicted molar refractivity (Wildman–Crippen MR) is 74.2 cm³/mol. The molecule has 4 nitrogen and oxygen atoms in total. The molecule has 0 saturated heterocycles. The number of nitrogens with zero attached hydrogens (tertiary/aromatic N) is 2. The number of aromatic nitrogens is 1. The zero-order chi connectivity index (χ0) is 12.5. The Balaban J connectivity index is 2.47. The molecule has 6 heteroatoms. The second kappa shape index (κ2) is 4.96. The first-order valence-electron chi connectivity index (χ1n) is 5.19. The van der Waals surface area contributed by atoms with Gasteiger partial charge in [0.15, 0.2) is 5.17 Å². The van der Waals surface area contributed by atoms with Gasteiger partial charge in [-0.15, -0.1) is 0 Å². The first-order valence-corrected chi connectivity index (χ1v) is 6.97. The Labute approximate surface area is 113 Å². The van der Waals surface area contributed by atoms with Crippen molar-refractivity contribution in [3.05, 3.63) is 28.5 Å². The van der Waals surface area contributed by atoms with Crippen molar-refractivity contribution in [1.82, 2.24) is 4.98 Å². The Kier molecular flexibility index (Phi) is 3.75. The highest BCUT2D eigenvalue weighted by atomic mass is 79.9. The van der Waals surface area contributed by atoms with Gasteiger partial charge in [-0.25, -0.2) is 4.99 Å². The van der Waals surface area contributed by atoms with Crippen LogP contribution in [0.4, 0.5) is 0 Å². The van der Waals surface area contributed by atoms with E-state index in [2.05, 4.69) is 25.9 Å². The molecule has 2 heterocycles. The van der Waals surface area contributed by atoms with E-state index in [0.717, 1.165) is 15.9 Å². The maximum absolute atomic E-state index is 5.82. The van der Waals surface area contributed by atoms with Gasteiger partial charge in [-0.3, -0.25) is 4.98 Å². The zero-order valence-electron chi connectivity index (χ0n) is 9.68. The maximum atomic E-state index is 5.82. The molecule has 0 saturated carbocycles. The minimum Gasteiger partial charge on any atom is -0.379 e. The summed E-state index contributed by atoms with van der Waals surface area (Å²) in [5.74, 6) is 0.788. The molecule has 1 aromatic heterocycles. The quantitative estimate of drug-likeness (QED) is 0.908. The normalized spacial score (nSPS) is 28.9. The number of amidine groups is 1. The summed E-state index contributed by atoms with van der Waals surface area (Å²) in [4.78, 5) is 8.91. The van der Waals surface area contributed by atoms with Crippen molar-refractivity contribution in [3.8, 4) is 0 Å². The summed E-state index contributed by atoms with van der Waals surface area (Å²) in [6, 6.07) is 3.85. The number of methoxy groups -OCH3 is 1. The second-order valence-corrected chi connectivity index (χ2v) is 5.95. The van der Waals surface area contributed by atoms with E-state index in [9.17, 15) is 0 Å². The van der Waals surface area contributed by atoms with Gasteiger partial charge >= 0.3 is 0 Å². The molecule has 92 valence electrons. The summed E-state index contributed by atoms with van der Waals surface area (Å²) >= 11 is 4.96. The van der Waals surface area contributed by atoms with E-state index in [1.165, 1.54) is 11.8 Å². The second-order valence-electron chi connectivity index (χ2n) is 3.99. The summed E-state index contributed by atoms with van der Waals surface area (Å²) in [6.07, 6.45) is 1.73. The van der Waals surface area contributed by atoms with Crippen molar-refractivity contribution in [2.75, 3.05) is 12.9 Å². The highest BCUT2D eigenvalue weighted by Crippen LogP contribution is 2.36. The molecule has 0 spiro atoms. The Hall–Kier alpha value is -0.590. The van der Waals surface area contributed by atoms with Gasteiger partial charge in [0, 0.05) is 23.5 Å². The van der Waals surface area contributed by atoms with Crippen LogP contribution in [0.3, 0.4) is 0 Å². The molecule has 17 heavy (non-hydrogen) atoms. The lowest BCUT2D eigenvalue weighted by Gasteiger charge is -2.36. The summed E-state index contributed by atoms with van der Waals surface area (Å²) in [5, 5.41) is 0.586. The highest BCUT2D eigenvalue weighted by Gasteiger charge is 2.40. The molecular formula is C11H14BrN3OS. The van der Waals surface area contributed by atoms with Crippen LogP contribution in [0.2, 0.25) is 0 Å². The van der Waals surface area contributed by atoms with Gasteiger partial charge in [0.1, 0.15) is 5.54 Å². The van der Waals surface area contributed by atoms with Crippen molar-refractivity contribution < 1.29 is 4.74 Å². The lowest BCUT2D eigenvalue weighted by molar-refractivity contribution is 0.0575. The summed E-state index contributed by atoms with van der Waals surface area (Å²) in [6.45, 7) is 2.00. The van der Waals surface area contributed by atoms with Crippen LogP contribution in [0.25, 0.3) is 0 Å². The minimum absolute atomic E-state index is 0.0263. The molecule has 1 aliphatic heterocycles. The Morgan fingerprint density at radius 2 is 2.41 bits per heavy atom. The van der Waals surface area contributed by atoms with Crippen LogP contribution in [0.15, 0.2) is 27.8 Å². The van der Waals surface area contributed by atoms with Gasteiger partial charge < -0.3 is 10.5 Å². The van der Waals surface area contributed by atoms with Crippen molar-refractivity contribution in [2.45, 2.75) is 18.6 Å². The average molecular weight is 316 g/mol. The number of halogens is 1. The van der Waals surface area contributed by atoms with Crippen LogP contribution in [0, 0.1) is 0 Å². The van der Waals surface area contributed by atoms with Crippen molar-refractivity contribution in [3.63, 3.8) is 0 Å². The molecule has 2 N–H and O–H groups in total. The minimum atomic E-state index is -0.520. The topological polar surface area (TPSA) is 60.5 Å². The fourth-order valence-corrected chi connectivity index (χ4v) is 3.23. The van der Waals surface area contributed by atoms with E-state index in [1.54, 1.807) is 13.3 Å². The molecule has 1 unspecified atom stereocenters. The van der Waals surface area contributed by atoms with Crippen molar-refractivity contribution in [2.24, 2.45) is 10.7 Å². The molecule has 0 fully saturated rings. The maximum Gasteiger partial charge on any atom is 0.155 e. The third kappa shape index (κ3) is 2.48. The molecule has 2 atom stereocenters. The fourth-order valence-electron chi connectivity index (χ4n) is 1.86. The third-order valence-corrected chi connectivity index (χ3v) is 4.23. The van der Waals surface area contributed by atoms with Crippen LogP contribution in [0.5, 0.6) is 0 Å². The van der Waals surface area contributed by atoms with Gasteiger partial charge in [0.05, 0.1) is 11.8 Å². The number of hydrogen-bond acceptors (Lipinski definition) is 5. The van der Waals surface area contributed by atoms with Crippen molar-refractivity contribution >= 4 is 32.9 Å². The van der Waals surface area contributed by atoms with E-state index < -0.39 is 5.54 Å². The Morgan fingerprint density at radius 1 is 1.65 bits per heavy atom. The average Bonchev–Trinajstić information content (AvgIpc) is 2.29. The molecule has 0 amide bonds. The van der Waals surface area contributed by atoms with Crippen molar-refractivity contribution in [1.29, 1.82) is 0 Å². The highest BCUT2D eigenvalue weighted by molar-refractivity contribution is 9.10. The summed E-state index contributed by atoms with van der Waals surface area (Å²) in [7, 11) is 1.69. The van der Waals surface area contributed by atoms with E-state index in [0.29, 0.717) is 5.17 Å². The van der Waals surface area contributed by atoms with E-state index in [4.69, 9.17) is 10.5 Å². The van der Waals surface area contributed by atoms with Crippen LogP contribution < -0.4 is 5.73 Å². The molecule has 1 aliphatic rings. The lowest BCUT2D eigenvalue weighted by atomic mass is 9.91. The number of nitrogens with two attached hydrogens (primary N) is 1. The van der Waals surface area contributed by atoms with Crippen LogP contribution in [-0.2, 0) is 10.3 Å². The Morgan fingerprint density at radius 3 is 3.06 bits per heavy atom. The first-order chi connectivity index (χ1) is 8.06. The number of ether oxygens (including phenoxy) is 1. The van der Waals surface area contributed by atoms with E-state index >= 15 is 0 Å². The van der Waals surface area contributed by atoms with Gasteiger partial charge in [0.2, 0.25) is 0 Å². The number of pyridine rings is 1. The van der Waals surface area contributed by atoms with Gasteiger partial charge in [-0.2, -0.15) is 0 Å². The van der Waals surface area contributed by atoms with E-state index in [-0.39, 0.29) is 6.10 Å². The standard InChI is InChI=1S/C11H14BrN3OS/c1-11(8-5-7(12)3-4-14-8)9(16-2)6-17-10(13)15-11/h3-5,9H,6H2,1-2H3,(H2,13,15)/t9?,11-/m1/s1. The predicted octanol–water partition coefficient (Wildman–Crippen LogP) is 2.14. The molecule has 0 radical (unpaired) electrons. The molecule has 1 aromatic rings. The number of thioether (sulfide) groups is 1. The Bertz CT molecular complexity index is 454. The molecule has 0 aliphatic carbocycles. The summed E-state index contributed by atoms with van der Waals surface area (Å²) in [5.41, 5.74) is 6.16. The molecule has 2 rings (SSSR count). The fraction of sp³-hybridized carbons (Fsp3) is 0.455. The van der Waals surface area contributed by atoms with Crippen LogP contribution in [-0.4, -0.2) is 29.1 Å². The smallest absolute Gasteiger partial charge is 0.155 e. The lowest BCUT2D eigenvalue weighted by Crippen LogP contribution is -2.43. The summed E-state index contributed by atoms with van der Waals surface area (Å²) < 4.78 is 6.49. The first kappa shape index (κ1) is 12.9. The zero-order valence-corrected chi connectivity index (χ0v) is 12.1. The molecule has 0 aromatic carbocycles. The SMILES string of the molecule is COC1CSC(N)=N[C@]1(C)c1cc(Br)ccn1.